The number of fused-ring (bicyclic) bond motifs is 1. The van der Waals surface area contributed by atoms with Gasteiger partial charge in [0.05, 0.1) is 33.0 Å². The largest absolute Gasteiger partial charge is 0.469 e. The highest BCUT2D eigenvalue weighted by molar-refractivity contribution is 5.83. The van der Waals surface area contributed by atoms with Crippen LogP contribution in [0.15, 0.2) is 30.3 Å². The SMILES string of the molecule is COC(=O)[C@@H]1CCC(=O)N2[C@H](c3ccccc3)CO[C@@]12CCCC1OCCO1. The molecular formula is C21H27NO6. The van der Waals surface area contributed by atoms with Crippen LogP contribution in [-0.2, 0) is 28.5 Å². The van der Waals surface area contributed by atoms with E-state index in [4.69, 9.17) is 18.9 Å². The number of methoxy groups -OCH3 is 1. The van der Waals surface area contributed by atoms with E-state index < -0.39 is 11.6 Å². The number of piperidine rings is 1. The molecule has 1 aromatic carbocycles. The average Bonchev–Trinajstić information content (AvgIpc) is 3.37. The van der Waals surface area contributed by atoms with Crippen molar-refractivity contribution >= 4 is 11.9 Å². The monoisotopic (exact) mass is 389 g/mol. The molecular weight excluding hydrogens is 362 g/mol. The van der Waals surface area contributed by atoms with Gasteiger partial charge in [0.1, 0.15) is 5.92 Å². The van der Waals surface area contributed by atoms with E-state index >= 15 is 0 Å². The lowest BCUT2D eigenvalue weighted by Crippen LogP contribution is -2.59. The van der Waals surface area contributed by atoms with E-state index in [1.165, 1.54) is 7.11 Å². The highest BCUT2D eigenvalue weighted by Crippen LogP contribution is 2.49. The Morgan fingerprint density at radius 3 is 2.71 bits per heavy atom. The Labute approximate surface area is 164 Å². The van der Waals surface area contributed by atoms with Crippen molar-refractivity contribution in [3.05, 3.63) is 35.9 Å². The van der Waals surface area contributed by atoms with E-state index in [0.717, 1.165) is 12.0 Å². The summed E-state index contributed by atoms with van der Waals surface area (Å²) in [6.45, 7) is 1.59. The molecule has 3 heterocycles. The third-order valence-electron chi connectivity index (χ3n) is 6.01. The molecule has 3 atom stereocenters. The fourth-order valence-corrected chi connectivity index (χ4v) is 4.73. The summed E-state index contributed by atoms with van der Waals surface area (Å²) in [5.74, 6) is -0.784. The zero-order valence-electron chi connectivity index (χ0n) is 16.2. The molecule has 28 heavy (non-hydrogen) atoms. The van der Waals surface area contributed by atoms with Crippen molar-refractivity contribution in [3.8, 4) is 0 Å². The number of benzene rings is 1. The van der Waals surface area contributed by atoms with Gasteiger partial charge in [0.25, 0.3) is 0 Å². The van der Waals surface area contributed by atoms with Crippen LogP contribution >= 0.6 is 0 Å². The normalized spacial score (nSPS) is 30.5. The first-order chi connectivity index (χ1) is 13.7. The van der Waals surface area contributed by atoms with Crippen LogP contribution in [0.4, 0.5) is 0 Å². The van der Waals surface area contributed by atoms with E-state index in [0.29, 0.717) is 45.5 Å². The summed E-state index contributed by atoms with van der Waals surface area (Å²) in [6, 6.07) is 9.66. The number of nitrogens with zero attached hydrogens (tertiary/aromatic N) is 1. The van der Waals surface area contributed by atoms with Gasteiger partial charge < -0.3 is 23.8 Å². The lowest BCUT2D eigenvalue weighted by atomic mass is 9.81. The number of esters is 1. The standard InChI is InChI=1S/C21H27NO6/c1-25-20(24)16-9-10-18(23)22-17(15-6-3-2-4-7-15)14-28-21(16,22)11-5-8-19-26-12-13-27-19/h2-4,6-7,16-17,19H,5,8-14H2,1H3/t16-,17-,21-/m0/s1. The van der Waals surface area contributed by atoms with Crippen molar-refractivity contribution in [2.75, 3.05) is 26.9 Å². The maximum Gasteiger partial charge on any atom is 0.313 e. The van der Waals surface area contributed by atoms with Crippen LogP contribution in [0.3, 0.4) is 0 Å². The lowest BCUT2D eigenvalue weighted by molar-refractivity contribution is -0.192. The van der Waals surface area contributed by atoms with Gasteiger partial charge in [0.2, 0.25) is 5.91 Å². The van der Waals surface area contributed by atoms with E-state index in [1.807, 2.05) is 35.2 Å². The Morgan fingerprint density at radius 2 is 2.00 bits per heavy atom. The lowest BCUT2D eigenvalue weighted by Gasteiger charge is -2.47. The minimum atomic E-state index is -0.971. The van der Waals surface area contributed by atoms with Gasteiger partial charge in [-0.1, -0.05) is 30.3 Å². The molecule has 0 aliphatic carbocycles. The number of ether oxygens (including phenoxy) is 4. The minimum absolute atomic E-state index is 0.0277. The second kappa shape index (κ2) is 8.19. The molecule has 0 radical (unpaired) electrons. The molecule has 7 nitrogen and oxygen atoms in total. The van der Waals surface area contributed by atoms with E-state index in [-0.39, 0.29) is 24.2 Å². The van der Waals surface area contributed by atoms with Gasteiger partial charge in [0.15, 0.2) is 12.0 Å². The molecule has 3 fully saturated rings. The molecule has 0 spiro atoms. The molecule has 152 valence electrons. The van der Waals surface area contributed by atoms with Crippen LogP contribution in [0.1, 0.15) is 43.7 Å². The smallest absolute Gasteiger partial charge is 0.313 e. The minimum Gasteiger partial charge on any atom is -0.469 e. The Bertz CT molecular complexity index is 704. The summed E-state index contributed by atoms with van der Waals surface area (Å²) < 4.78 is 22.4. The van der Waals surface area contributed by atoms with Crippen molar-refractivity contribution < 1.29 is 28.5 Å². The van der Waals surface area contributed by atoms with Crippen LogP contribution in [0.5, 0.6) is 0 Å². The molecule has 3 aliphatic heterocycles. The number of hydrogen-bond acceptors (Lipinski definition) is 6. The number of amides is 1. The van der Waals surface area contributed by atoms with Crippen LogP contribution < -0.4 is 0 Å². The van der Waals surface area contributed by atoms with Gasteiger partial charge in [-0.05, 0) is 31.2 Å². The molecule has 0 aromatic heterocycles. The predicted molar refractivity (Wildman–Crippen MR) is 99.0 cm³/mol. The Kier molecular flexibility index (Phi) is 5.66. The van der Waals surface area contributed by atoms with Gasteiger partial charge in [0, 0.05) is 6.42 Å². The topological polar surface area (TPSA) is 74.3 Å². The molecule has 7 heteroatoms. The summed E-state index contributed by atoms with van der Waals surface area (Å²) in [7, 11) is 1.39. The van der Waals surface area contributed by atoms with Crippen LogP contribution in [-0.4, -0.2) is 55.7 Å². The van der Waals surface area contributed by atoms with Crippen molar-refractivity contribution in [1.29, 1.82) is 0 Å². The number of hydrogen-bond donors (Lipinski definition) is 0. The van der Waals surface area contributed by atoms with Gasteiger partial charge in [-0.15, -0.1) is 0 Å². The second-order valence-corrected chi connectivity index (χ2v) is 7.52. The maximum absolute atomic E-state index is 13.0. The molecule has 0 bridgehead atoms. The highest BCUT2D eigenvalue weighted by atomic mass is 16.7. The number of carbonyl (C=O) groups is 2. The zero-order valence-corrected chi connectivity index (χ0v) is 16.2. The zero-order chi connectivity index (χ0) is 19.6. The third kappa shape index (κ3) is 3.43. The van der Waals surface area contributed by atoms with E-state index in [2.05, 4.69) is 0 Å². The third-order valence-corrected chi connectivity index (χ3v) is 6.01. The van der Waals surface area contributed by atoms with Crippen molar-refractivity contribution in [1.82, 2.24) is 4.90 Å². The quantitative estimate of drug-likeness (QED) is 0.696. The molecule has 3 aliphatic rings. The first-order valence-electron chi connectivity index (χ1n) is 9.98. The van der Waals surface area contributed by atoms with Crippen molar-refractivity contribution in [3.63, 3.8) is 0 Å². The van der Waals surface area contributed by atoms with Crippen molar-refractivity contribution in [2.45, 2.75) is 50.2 Å². The first kappa shape index (κ1) is 19.4. The molecule has 1 aromatic rings. The highest BCUT2D eigenvalue weighted by Gasteiger charge is 2.59. The van der Waals surface area contributed by atoms with Crippen LogP contribution in [0.2, 0.25) is 0 Å². The molecule has 0 saturated carbocycles. The molecule has 0 unspecified atom stereocenters. The Balaban J connectivity index is 1.61. The van der Waals surface area contributed by atoms with Gasteiger partial charge in [-0.25, -0.2) is 0 Å². The van der Waals surface area contributed by atoms with E-state index in [1.54, 1.807) is 0 Å². The number of carbonyl (C=O) groups excluding carboxylic acids is 2. The first-order valence-corrected chi connectivity index (χ1v) is 9.98. The van der Waals surface area contributed by atoms with Crippen LogP contribution in [0, 0.1) is 5.92 Å². The Morgan fingerprint density at radius 1 is 1.25 bits per heavy atom. The van der Waals surface area contributed by atoms with Gasteiger partial charge in [-0.3, -0.25) is 9.59 Å². The average molecular weight is 389 g/mol. The molecule has 3 saturated heterocycles. The number of rotatable bonds is 6. The van der Waals surface area contributed by atoms with Gasteiger partial charge in [-0.2, -0.15) is 0 Å². The summed E-state index contributed by atoms with van der Waals surface area (Å²) in [6.07, 6.45) is 2.53. The Hall–Kier alpha value is -1.96. The second-order valence-electron chi connectivity index (χ2n) is 7.52. The fraction of sp³-hybridized carbons (Fsp3) is 0.619. The summed E-state index contributed by atoms with van der Waals surface area (Å²) in [5.41, 5.74) is 0.0485. The molecule has 4 rings (SSSR count). The summed E-state index contributed by atoms with van der Waals surface area (Å²) in [5, 5.41) is 0. The van der Waals surface area contributed by atoms with Crippen molar-refractivity contribution in [2.24, 2.45) is 5.92 Å². The van der Waals surface area contributed by atoms with Gasteiger partial charge >= 0.3 is 5.97 Å². The van der Waals surface area contributed by atoms with Crippen LogP contribution in [0.25, 0.3) is 0 Å². The van der Waals surface area contributed by atoms with E-state index in [9.17, 15) is 9.59 Å². The maximum atomic E-state index is 13.0. The fourth-order valence-electron chi connectivity index (χ4n) is 4.73. The molecule has 1 amide bonds. The summed E-state index contributed by atoms with van der Waals surface area (Å²) in [4.78, 5) is 27.4. The molecule has 0 N–H and O–H groups in total. The summed E-state index contributed by atoms with van der Waals surface area (Å²) >= 11 is 0. The predicted octanol–water partition coefficient (Wildman–Crippen LogP) is 2.41.